The minimum atomic E-state index is -0.761. The number of ether oxygens (including phenoxy) is 2. The van der Waals surface area contributed by atoms with E-state index in [1.54, 1.807) is 0 Å². The molecule has 10 aromatic carbocycles. The summed E-state index contributed by atoms with van der Waals surface area (Å²) < 4.78 is 12.2. The standard InChI is InChI=1S/C41H22O3/c42-41(43-33-21-19-25-11-3-15-29-27-13-1-7-23-9-5-17-31(35(23)27)39(33)37(25)29)44-34-22-20-26-12-4-16-30-28-14-2-8-24-10-6-18-32(36(24)28)40(34)38(26)30/h1-22H. The van der Waals surface area contributed by atoms with Gasteiger partial charge in [-0.15, -0.1) is 0 Å². The molecule has 0 radical (unpaired) electrons. The van der Waals surface area contributed by atoms with Gasteiger partial charge in [0.05, 0.1) is 0 Å². The highest BCUT2D eigenvalue weighted by atomic mass is 16.7. The van der Waals surface area contributed by atoms with Crippen LogP contribution in [-0.2, 0) is 0 Å². The van der Waals surface area contributed by atoms with Crippen LogP contribution in [-0.4, -0.2) is 6.16 Å². The van der Waals surface area contributed by atoms with Crippen molar-refractivity contribution >= 4 is 92.3 Å². The molecule has 0 spiro atoms. The lowest BCUT2D eigenvalue weighted by Crippen LogP contribution is -2.14. The van der Waals surface area contributed by atoms with Crippen molar-refractivity contribution in [1.29, 1.82) is 0 Å². The molecule has 204 valence electrons. The fraction of sp³-hybridized carbons (Fsp3) is 0. The molecule has 0 unspecified atom stereocenters. The van der Waals surface area contributed by atoms with Crippen LogP contribution >= 0.6 is 0 Å². The summed E-state index contributed by atoms with van der Waals surface area (Å²) >= 11 is 0. The Morgan fingerprint density at radius 1 is 0.318 bits per heavy atom. The molecule has 0 saturated carbocycles. The number of hydrogen-bond donors (Lipinski definition) is 0. The Morgan fingerprint density at radius 2 is 0.636 bits per heavy atom. The Labute approximate surface area is 251 Å². The van der Waals surface area contributed by atoms with E-state index in [0.29, 0.717) is 11.5 Å². The largest absolute Gasteiger partial charge is 0.519 e. The summed E-state index contributed by atoms with van der Waals surface area (Å²) in [6.07, 6.45) is -0.761. The summed E-state index contributed by atoms with van der Waals surface area (Å²) in [7, 11) is 0. The summed E-state index contributed by atoms with van der Waals surface area (Å²) in [5.74, 6) is 0.971. The Hall–Kier alpha value is -5.93. The number of rotatable bonds is 2. The Bertz CT molecular complexity index is 2590. The Kier molecular flexibility index (Phi) is 4.59. The highest BCUT2D eigenvalue weighted by Crippen LogP contribution is 2.46. The third kappa shape index (κ3) is 3.08. The van der Waals surface area contributed by atoms with Gasteiger partial charge in [-0.2, -0.15) is 0 Å². The van der Waals surface area contributed by atoms with E-state index in [0.717, 1.165) is 75.4 Å². The van der Waals surface area contributed by atoms with Crippen LogP contribution in [0, 0.1) is 0 Å². The molecule has 0 fully saturated rings. The zero-order chi connectivity index (χ0) is 28.9. The topological polar surface area (TPSA) is 35.5 Å². The maximum atomic E-state index is 13.7. The van der Waals surface area contributed by atoms with Gasteiger partial charge in [0.2, 0.25) is 0 Å². The predicted molar refractivity (Wildman–Crippen MR) is 182 cm³/mol. The second-order valence-electron chi connectivity index (χ2n) is 11.6. The predicted octanol–water partition coefficient (Wildman–Crippen LogP) is 11.4. The molecular formula is C41H22O3. The second kappa shape index (κ2) is 8.56. The lowest BCUT2D eigenvalue weighted by atomic mass is 9.89. The molecule has 0 bridgehead atoms. The first-order chi connectivity index (χ1) is 21.7. The molecule has 0 aliphatic heterocycles. The highest BCUT2D eigenvalue weighted by Gasteiger charge is 2.21. The second-order valence-corrected chi connectivity index (χ2v) is 11.6. The van der Waals surface area contributed by atoms with Crippen LogP contribution in [0.3, 0.4) is 0 Å². The monoisotopic (exact) mass is 562 g/mol. The van der Waals surface area contributed by atoms with Gasteiger partial charge in [0.1, 0.15) is 11.5 Å². The van der Waals surface area contributed by atoms with Gasteiger partial charge >= 0.3 is 6.16 Å². The van der Waals surface area contributed by atoms with Gasteiger partial charge < -0.3 is 9.47 Å². The van der Waals surface area contributed by atoms with Crippen molar-refractivity contribution in [1.82, 2.24) is 0 Å². The van der Waals surface area contributed by atoms with Gasteiger partial charge in [-0.25, -0.2) is 4.79 Å². The molecule has 0 aliphatic rings. The van der Waals surface area contributed by atoms with Crippen molar-refractivity contribution in [3.05, 3.63) is 133 Å². The van der Waals surface area contributed by atoms with Crippen LogP contribution in [0.25, 0.3) is 86.2 Å². The molecule has 10 aromatic rings. The number of hydrogen-bond acceptors (Lipinski definition) is 3. The van der Waals surface area contributed by atoms with E-state index in [1.807, 2.05) is 24.3 Å². The smallest absolute Gasteiger partial charge is 0.394 e. The first-order valence-corrected chi connectivity index (χ1v) is 14.8. The van der Waals surface area contributed by atoms with E-state index in [4.69, 9.17) is 9.47 Å². The minimum Gasteiger partial charge on any atom is -0.394 e. The average Bonchev–Trinajstić information content (AvgIpc) is 3.06. The SMILES string of the molecule is O=C(Oc1ccc2cccc3c4cccc5cccc(c1c23)c54)Oc1ccc2cccc3c4cccc5cccc(c1c23)c54. The van der Waals surface area contributed by atoms with Gasteiger partial charge in [0.25, 0.3) is 0 Å². The maximum Gasteiger partial charge on any atom is 0.519 e. The zero-order valence-corrected chi connectivity index (χ0v) is 23.4. The van der Waals surface area contributed by atoms with Crippen LogP contribution in [0.15, 0.2) is 133 Å². The zero-order valence-electron chi connectivity index (χ0n) is 23.4. The van der Waals surface area contributed by atoms with Gasteiger partial charge in [-0.3, -0.25) is 0 Å². The molecule has 10 rings (SSSR count). The minimum absolute atomic E-state index is 0.486. The fourth-order valence-electron chi connectivity index (χ4n) is 7.62. The Morgan fingerprint density at radius 3 is 1.02 bits per heavy atom. The Balaban J connectivity index is 1.17. The van der Waals surface area contributed by atoms with Gasteiger partial charge in [-0.05, 0) is 76.8 Å². The maximum absolute atomic E-state index is 13.7. The molecule has 0 N–H and O–H groups in total. The molecular weight excluding hydrogens is 540 g/mol. The number of carbonyl (C=O) groups is 1. The van der Waals surface area contributed by atoms with Crippen molar-refractivity contribution in [3.63, 3.8) is 0 Å². The highest BCUT2D eigenvalue weighted by molar-refractivity contribution is 6.35. The van der Waals surface area contributed by atoms with Gasteiger partial charge in [-0.1, -0.05) is 121 Å². The van der Waals surface area contributed by atoms with Gasteiger partial charge in [0, 0.05) is 21.5 Å². The number of carbonyl (C=O) groups excluding carboxylic acids is 1. The van der Waals surface area contributed by atoms with Crippen molar-refractivity contribution in [2.45, 2.75) is 0 Å². The van der Waals surface area contributed by atoms with E-state index in [-0.39, 0.29) is 0 Å². The summed E-state index contributed by atoms with van der Waals surface area (Å²) in [5, 5.41) is 17.6. The lowest BCUT2D eigenvalue weighted by molar-refractivity contribution is 0.153. The van der Waals surface area contributed by atoms with E-state index < -0.39 is 6.16 Å². The summed E-state index contributed by atoms with van der Waals surface area (Å²) in [6.45, 7) is 0. The summed E-state index contributed by atoms with van der Waals surface area (Å²) in [4.78, 5) is 13.7. The van der Waals surface area contributed by atoms with E-state index in [9.17, 15) is 4.79 Å². The molecule has 0 aliphatic carbocycles. The van der Waals surface area contributed by atoms with Crippen molar-refractivity contribution in [2.24, 2.45) is 0 Å². The van der Waals surface area contributed by atoms with Crippen LogP contribution in [0.2, 0.25) is 0 Å². The van der Waals surface area contributed by atoms with E-state index in [1.165, 1.54) is 10.8 Å². The molecule has 3 heteroatoms. The van der Waals surface area contributed by atoms with Crippen LogP contribution in [0.5, 0.6) is 11.5 Å². The first kappa shape index (κ1) is 23.6. The van der Waals surface area contributed by atoms with Crippen molar-refractivity contribution in [2.75, 3.05) is 0 Å². The molecule has 0 heterocycles. The van der Waals surface area contributed by atoms with Crippen LogP contribution in [0.1, 0.15) is 0 Å². The summed E-state index contributed by atoms with van der Waals surface area (Å²) in [5.41, 5.74) is 0. The normalized spacial score (nSPS) is 12.2. The fourth-order valence-corrected chi connectivity index (χ4v) is 7.62. The lowest BCUT2D eigenvalue weighted by Gasteiger charge is -2.18. The third-order valence-electron chi connectivity index (χ3n) is 9.33. The molecule has 0 amide bonds. The average molecular weight is 563 g/mol. The van der Waals surface area contributed by atoms with Crippen LogP contribution < -0.4 is 9.47 Å². The molecule has 44 heavy (non-hydrogen) atoms. The number of fused-ring (bicyclic) bond motifs is 4. The first-order valence-electron chi connectivity index (χ1n) is 14.8. The van der Waals surface area contributed by atoms with E-state index >= 15 is 0 Å². The van der Waals surface area contributed by atoms with Crippen LogP contribution in [0.4, 0.5) is 4.79 Å². The molecule has 3 nitrogen and oxygen atoms in total. The molecule has 0 atom stereocenters. The third-order valence-corrected chi connectivity index (χ3v) is 9.33. The van der Waals surface area contributed by atoms with Crippen molar-refractivity contribution < 1.29 is 14.3 Å². The number of benzene rings is 10. The van der Waals surface area contributed by atoms with Gasteiger partial charge in [0.15, 0.2) is 0 Å². The van der Waals surface area contributed by atoms with Crippen molar-refractivity contribution in [3.8, 4) is 11.5 Å². The quantitative estimate of drug-likeness (QED) is 0.0910. The van der Waals surface area contributed by atoms with E-state index in [2.05, 4.69) is 109 Å². The summed E-state index contributed by atoms with van der Waals surface area (Å²) in [6, 6.07) is 45.9. The molecule has 0 aromatic heterocycles. The molecule has 0 saturated heterocycles.